The lowest BCUT2D eigenvalue weighted by molar-refractivity contribution is -0.128. The minimum Gasteiger partial charge on any atom is -0.356 e. The lowest BCUT2D eigenvalue weighted by atomic mass is 9.89. The molecule has 1 aromatic heterocycles. The minimum atomic E-state index is -0.446. The molecular weight excluding hydrogens is 406 g/mol. The summed E-state index contributed by atoms with van der Waals surface area (Å²) in [7, 11) is 0. The van der Waals surface area contributed by atoms with Crippen LogP contribution in [0.5, 0.6) is 0 Å². The van der Waals surface area contributed by atoms with E-state index in [2.05, 4.69) is 27.0 Å². The molecule has 3 heterocycles. The van der Waals surface area contributed by atoms with E-state index in [1.807, 2.05) is 49.4 Å². The molecule has 0 unspecified atom stereocenters. The van der Waals surface area contributed by atoms with Crippen LogP contribution in [0.15, 0.2) is 53.0 Å². The summed E-state index contributed by atoms with van der Waals surface area (Å²) >= 11 is 3.48. The first kappa shape index (κ1) is 16.6. The molecule has 2 aliphatic heterocycles. The molecule has 0 radical (unpaired) electrons. The second kappa shape index (κ2) is 5.96. The highest BCUT2D eigenvalue weighted by atomic mass is 79.9. The molecule has 3 amide bonds. The zero-order chi connectivity index (χ0) is 18.7. The Labute approximate surface area is 165 Å². The van der Waals surface area contributed by atoms with Gasteiger partial charge in [-0.25, -0.2) is 4.79 Å². The van der Waals surface area contributed by atoms with Crippen LogP contribution in [0.4, 0.5) is 4.79 Å². The van der Waals surface area contributed by atoms with Crippen molar-refractivity contribution in [3.63, 3.8) is 0 Å². The Morgan fingerprint density at radius 2 is 1.85 bits per heavy atom. The Balaban J connectivity index is 1.75. The van der Waals surface area contributed by atoms with Gasteiger partial charge in [-0.3, -0.25) is 14.6 Å². The number of carbonyl (C=O) groups excluding carboxylic acids is 2. The Kier molecular flexibility index (Phi) is 3.65. The fraction of sp³-hybridized carbons (Fsp3) is 0.238. The first-order valence-electron chi connectivity index (χ1n) is 9.08. The number of amides is 3. The van der Waals surface area contributed by atoms with Crippen molar-refractivity contribution in [3.05, 3.63) is 69.8 Å². The number of fused-ring (bicyclic) bond motifs is 4. The normalized spacial score (nSPS) is 21.7. The van der Waals surface area contributed by atoms with Crippen LogP contribution >= 0.6 is 15.9 Å². The van der Waals surface area contributed by atoms with Gasteiger partial charge in [-0.05, 0) is 36.2 Å². The molecule has 27 heavy (non-hydrogen) atoms. The fourth-order valence-corrected chi connectivity index (χ4v) is 4.68. The summed E-state index contributed by atoms with van der Waals surface area (Å²) in [5, 5.41) is 1.13. The maximum atomic E-state index is 13.1. The number of H-pyrrole nitrogens is 1. The Morgan fingerprint density at radius 3 is 2.59 bits per heavy atom. The SMILES string of the molecule is CCN1C(=O)[C@H]2Cc3c([nH]c4ccccc34)[C@@H](c3ccc(Br)cc3)N2C1=O. The number of hydrogen-bond acceptors (Lipinski definition) is 2. The first-order chi connectivity index (χ1) is 13.1. The predicted octanol–water partition coefficient (Wildman–Crippen LogP) is 4.23. The zero-order valence-electron chi connectivity index (χ0n) is 14.8. The van der Waals surface area contributed by atoms with Gasteiger partial charge < -0.3 is 4.98 Å². The Hall–Kier alpha value is -2.60. The molecule has 1 saturated heterocycles. The number of nitrogens with one attached hydrogen (secondary N) is 1. The quantitative estimate of drug-likeness (QED) is 0.627. The van der Waals surface area contributed by atoms with Crippen molar-refractivity contribution in [2.45, 2.75) is 25.4 Å². The molecule has 6 heteroatoms. The van der Waals surface area contributed by atoms with Gasteiger partial charge in [0.15, 0.2) is 0 Å². The Bertz CT molecular complexity index is 1070. The largest absolute Gasteiger partial charge is 0.356 e. The smallest absolute Gasteiger partial charge is 0.328 e. The van der Waals surface area contributed by atoms with Crippen molar-refractivity contribution in [1.82, 2.24) is 14.8 Å². The third-order valence-corrected chi connectivity index (χ3v) is 6.17. The minimum absolute atomic E-state index is 0.0967. The summed E-state index contributed by atoms with van der Waals surface area (Å²) in [5.41, 5.74) is 4.18. The highest BCUT2D eigenvalue weighted by Crippen LogP contribution is 2.44. The lowest BCUT2D eigenvalue weighted by Gasteiger charge is -2.36. The predicted molar refractivity (Wildman–Crippen MR) is 106 cm³/mol. The van der Waals surface area contributed by atoms with E-state index in [-0.39, 0.29) is 18.0 Å². The van der Waals surface area contributed by atoms with E-state index >= 15 is 0 Å². The number of imide groups is 1. The molecule has 0 bridgehead atoms. The number of urea groups is 1. The van der Waals surface area contributed by atoms with Crippen LogP contribution in [0.25, 0.3) is 10.9 Å². The molecule has 5 rings (SSSR count). The zero-order valence-corrected chi connectivity index (χ0v) is 16.4. The van der Waals surface area contributed by atoms with Crippen LogP contribution in [-0.2, 0) is 11.2 Å². The number of likely N-dealkylation sites (N-methyl/N-ethyl adjacent to an activating group) is 1. The number of benzene rings is 2. The molecule has 1 fully saturated rings. The van der Waals surface area contributed by atoms with Crippen LogP contribution in [0.3, 0.4) is 0 Å². The number of aromatic nitrogens is 1. The summed E-state index contributed by atoms with van der Waals surface area (Å²) in [6, 6.07) is 15.2. The monoisotopic (exact) mass is 423 g/mol. The molecule has 0 spiro atoms. The van der Waals surface area contributed by atoms with Crippen LogP contribution in [0.2, 0.25) is 0 Å². The molecule has 1 N–H and O–H groups in total. The van der Waals surface area contributed by atoms with E-state index in [4.69, 9.17) is 0 Å². The first-order valence-corrected chi connectivity index (χ1v) is 9.88. The van der Waals surface area contributed by atoms with Gasteiger partial charge in [-0.1, -0.05) is 46.3 Å². The standard InChI is InChI=1S/C21H18BrN3O2/c1-2-24-20(26)17-11-15-14-5-3-4-6-16(14)23-18(15)19(25(17)21(24)27)12-7-9-13(22)10-8-12/h3-10,17,19,23H,2,11H2,1H3/t17-,19-/m1/s1. The average molecular weight is 424 g/mol. The number of hydrogen-bond donors (Lipinski definition) is 1. The third-order valence-electron chi connectivity index (χ3n) is 5.64. The second-order valence-electron chi connectivity index (χ2n) is 7.01. The molecular formula is C21H18BrN3O2. The van der Waals surface area contributed by atoms with E-state index in [1.165, 1.54) is 4.90 Å². The number of rotatable bonds is 2. The number of nitrogens with zero attached hydrogens (tertiary/aromatic N) is 2. The number of carbonyl (C=O) groups is 2. The van der Waals surface area contributed by atoms with Gasteiger partial charge in [0.25, 0.3) is 5.91 Å². The maximum Gasteiger partial charge on any atom is 0.328 e. The van der Waals surface area contributed by atoms with Crippen molar-refractivity contribution < 1.29 is 9.59 Å². The van der Waals surface area contributed by atoms with Crippen molar-refractivity contribution >= 4 is 38.8 Å². The molecule has 0 aliphatic carbocycles. The van der Waals surface area contributed by atoms with E-state index in [0.29, 0.717) is 13.0 Å². The molecule has 3 aromatic rings. The van der Waals surface area contributed by atoms with Gasteiger partial charge in [0.2, 0.25) is 0 Å². The van der Waals surface area contributed by atoms with Crippen LogP contribution < -0.4 is 0 Å². The molecule has 2 aliphatic rings. The van der Waals surface area contributed by atoms with Gasteiger partial charge in [0.1, 0.15) is 12.1 Å². The fourth-order valence-electron chi connectivity index (χ4n) is 4.41. The van der Waals surface area contributed by atoms with E-state index in [9.17, 15) is 9.59 Å². The Morgan fingerprint density at radius 1 is 1.11 bits per heavy atom. The average Bonchev–Trinajstić information content (AvgIpc) is 3.16. The highest BCUT2D eigenvalue weighted by molar-refractivity contribution is 9.10. The lowest BCUT2D eigenvalue weighted by Crippen LogP contribution is -2.44. The summed E-state index contributed by atoms with van der Waals surface area (Å²) in [4.78, 5) is 32.6. The van der Waals surface area contributed by atoms with Gasteiger partial charge in [0.05, 0.1) is 0 Å². The van der Waals surface area contributed by atoms with Crippen LogP contribution in [0, 0.1) is 0 Å². The molecule has 0 saturated carbocycles. The summed E-state index contributed by atoms with van der Waals surface area (Å²) in [6.45, 7) is 2.24. The van der Waals surface area contributed by atoms with Gasteiger partial charge in [-0.15, -0.1) is 0 Å². The van der Waals surface area contributed by atoms with Crippen molar-refractivity contribution in [3.8, 4) is 0 Å². The van der Waals surface area contributed by atoms with E-state index < -0.39 is 6.04 Å². The molecule has 136 valence electrons. The molecule has 2 aromatic carbocycles. The van der Waals surface area contributed by atoms with E-state index in [0.717, 1.165) is 32.2 Å². The topological polar surface area (TPSA) is 56.4 Å². The summed E-state index contributed by atoms with van der Waals surface area (Å²) < 4.78 is 0.981. The van der Waals surface area contributed by atoms with Gasteiger partial charge in [0, 0.05) is 34.0 Å². The van der Waals surface area contributed by atoms with Gasteiger partial charge in [-0.2, -0.15) is 0 Å². The van der Waals surface area contributed by atoms with Crippen LogP contribution in [-0.4, -0.2) is 39.3 Å². The summed E-state index contributed by atoms with van der Waals surface area (Å²) in [5.74, 6) is -0.0967. The molecule has 2 atom stereocenters. The number of para-hydroxylation sites is 1. The highest BCUT2D eigenvalue weighted by Gasteiger charge is 2.51. The van der Waals surface area contributed by atoms with Crippen molar-refractivity contribution in [2.24, 2.45) is 0 Å². The second-order valence-corrected chi connectivity index (χ2v) is 7.92. The molecule has 5 nitrogen and oxygen atoms in total. The number of halogens is 1. The van der Waals surface area contributed by atoms with Crippen LogP contribution in [0.1, 0.15) is 29.8 Å². The third kappa shape index (κ3) is 2.29. The van der Waals surface area contributed by atoms with E-state index in [1.54, 1.807) is 4.90 Å². The summed E-state index contributed by atoms with van der Waals surface area (Å²) in [6.07, 6.45) is 0.549. The van der Waals surface area contributed by atoms with Crippen molar-refractivity contribution in [2.75, 3.05) is 6.54 Å². The maximum absolute atomic E-state index is 13.1. The number of aromatic amines is 1. The van der Waals surface area contributed by atoms with Gasteiger partial charge >= 0.3 is 6.03 Å². The van der Waals surface area contributed by atoms with Crippen molar-refractivity contribution in [1.29, 1.82) is 0 Å².